The van der Waals surface area contributed by atoms with Crippen LogP contribution >= 0.6 is 34.4 Å². The number of benzene rings is 1. The van der Waals surface area contributed by atoms with Crippen molar-refractivity contribution in [3.8, 4) is 6.07 Å². The largest absolute Gasteiger partial charge is 0.448 e. The van der Waals surface area contributed by atoms with Crippen molar-refractivity contribution >= 4 is 55.9 Å². The first-order valence-corrected chi connectivity index (χ1v) is 13.1. The van der Waals surface area contributed by atoms with Gasteiger partial charge in [-0.05, 0) is 72.2 Å². The van der Waals surface area contributed by atoms with E-state index in [1.807, 2.05) is 30.3 Å². The van der Waals surface area contributed by atoms with E-state index in [0.29, 0.717) is 11.7 Å². The van der Waals surface area contributed by atoms with Crippen molar-refractivity contribution in [2.75, 3.05) is 0 Å². The fraction of sp³-hybridized carbons (Fsp3) is 0.320. The lowest BCUT2D eigenvalue weighted by Gasteiger charge is -2.33. The molecule has 1 aliphatic carbocycles. The maximum Gasteiger partial charge on any atom is 0.168 e. The molecule has 0 saturated carbocycles. The van der Waals surface area contributed by atoms with Gasteiger partial charge in [-0.2, -0.15) is 5.26 Å². The lowest BCUT2D eigenvalue weighted by molar-refractivity contribution is 0.218. The Bertz CT molecular complexity index is 1310. The van der Waals surface area contributed by atoms with E-state index in [1.165, 1.54) is 26.9 Å². The monoisotopic (exact) mass is 477 g/mol. The van der Waals surface area contributed by atoms with Crippen molar-refractivity contribution in [3.05, 3.63) is 58.2 Å². The molecule has 0 fully saturated rings. The number of hydrogen-bond acceptors (Lipinski definition) is 7. The van der Waals surface area contributed by atoms with Crippen molar-refractivity contribution in [3.63, 3.8) is 0 Å². The number of hydrogen-bond donors (Lipinski definition) is 0. The number of rotatable bonds is 4. The number of para-hydroxylation sites is 1. The zero-order valence-electron chi connectivity index (χ0n) is 18.2. The van der Waals surface area contributed by atoms with Crippen LogP contribution in [0.25, 0.3) is 10.2 Å². The van der Waals surface area contributed by atoms with Gasteiger partial charge in [0.05, 0.1) is 22.0 Å². The molecule has 0 aliphatic heterocycles. The van der Waals surface area contributed by atoms with Crippen LogP contribution in [0.5, 0.6) is 0 Å². The Labute approximate surface area is 200 Å². The van der Waals surface area contributed by atoms with Crippen molar-refractivity contribution in [1.82, 2.24) is 4.98 Å². The number of nitrogens with zero attached hydrogens (tertiary/aromatic N) is 3. The molecule has 0 radical (unpaired) electrons. The van der Waals surface area contributed by atoms with Crippen molar-refractivity contribution in [1.29, 1.82) is 5.26 Å². The molecule has 5 rings (SSSR count). The Kier molecular flexibility index (Phi) is 5.70. The zero-order valence-corrected chi connectivity index (χ0v) is 20.7. The van der Waals surface area contributed by atoms with Crippen molar-refractivity contribution in [2.24, 2.45) is 16.3 Å². The van der Waals surface area contributed by atoms with Crippen LogP contribution in [0.2, 0.25) is 0 Å². The molecule has 0 N–H and O–H groups in total. The lowest BCUT2D eigenvalue weighted by atomic mass is 9.72. The summed E-state index contributed by atoms with van der Waals surface area (Å²) < 4.78 is 8.07. The van der Waals surface area contributed by atoms with Gasteiger partial charge in [0.15, 0.2) is 9.43 Å². The van der Waals surface area contributed by atoms with E-state index in [2.05, 4.69) is 42.9 Å². The van der Waals surface area contributed by atoms with Crippen LogP contribution in [-0.2, 0) is 12.8 Å². The second-order valence-corrected chi connectivity index (χ2v) is 12.4. The van der Waals surface area contributed by atoms with E-state index in [1.54, 1.807) is 28.9 Å². The summed E-state index contributed by atoms with van der Waals surface area (Å²) in [5.41, 5.74) is 3.23. The first-order valence-electron chi connectivity index (χ1n) is 10.6. The van der Waals surface area contributed by atoms with Crippen molar-refractivity contribution < 1.29 is 4.42 Å². The molecule has 3 aromatic heterocycles. The fourth-order valence-electron chi connectivity index (χ4n) is 4.08. The first kappa shape index (κ1) is 21.4. The highest BCUT2D eigenvalue weighted by Crippen LogP contribution is 2.45. The van der Waals surface area contributed by atoms with Crippen LogP contribution in [0.15, 0.2) is 55.2 Å². The highest BCUT2D eigenvalue weighted by Gasteiger charge is 2.32. The molecular weight excluding hydrogens is 454 g/mol. The predicted molar refractivity (Wildman–Crippen MR) is 134 cm³/mol. The summed E-state index contributed by atoms with van der Waals surface area (Å²) in [4.78, 5) is 10.6. The molecule has 0 saturated heterocycles. The number of thiazole rings is 1. The SMILES string of the molecule is CC(C)(C)[C@@H]1CCc2c(sc(N=Cc3ccc(Sc4nc5ccccc5s4)o3)c2C#N)C1. The normalized spacial score (nSPS) is 16.5. The molecule has 0 amide bonds. The molecule has 1 aromatic carbocycles. The minimum Gasteiger partial charge on any atom is -0.448 e. The average molecular weight is 478 g/mol. The fourth-order valence-corrected chi connectivity index (χ4v) is 7.27. The molecule has 0 bridgehead atoms. The Hall–Kier alpha value is -2.40. The molecule has 3 heterocycles. The standard InChI is InChI=1S/C25H23N3OS3/c1-25(2,3)15-8-10-17-18(13-26)23(30-21(17)12-15)27-14-16-9-11-22(29-16)32-24-28-19-6-4-5-7-20(19)31-24/h4-7,9,11,14-15H,8,10,12H2,1-3H3/t15-/m1/s1. The first-order chi connectivity index (χ1) is 15.4. The van der Waals surface area contributed by atoms with Gasteiger partial charge >= 0.3 is 0 Å². The number of aromatic nitrogens is 1. The third kappa shape index (κ3) is 4.27. The van der Waals surface area contributed by atoms with Gasteiger partial charge in [0.25, 0.3) is 0 Å². The van der Waals surface area contributed by atoms with Gasteiger partial charge in [-0.1, -0.05) is 32.9 Å². The smallest absolute Gasteiger partial charge is 0.168 e. The summed E-state index contributed by atoms with van der Waals surface area (Å²) in [5.74, 6) is 1.32. The van der Waals surface area contributed by atoms with Crippen LogP contribution in [0.1, 0.15) is 49.0 Å². The summed E-state index contributed by atoms with van der Waals surface area (Å²) >= 11 is 4.84. The van der Waals surface area contributed by atoms with E-state index < -0.39 is 0 Å². The minimum absolute atomic E-state index is 0.281. The Morgan fingerprint density at radius 1 is 1.22 bits per heavy atom. The molecule has 1 atom stereocenters. The maximum atomic E-state index is 9.76. The summed E-state index contributed by atoms with van der Waals surface area (Å²) in [7, 11) is 0. The minimum atomic E-state index is 0.281. The number of aliphatic imine (C=N–C) groups is 1. The third-order valence-electron chi connectivity index (χ3n) is 5.96. The zero-order chi connectivity index (χ0) is 22.3. The Morgan fingerprint density at radius 2 is 2.06 bits per heavy atom. The topological polar surface area (TPSA) is 62.2 Å². The molecule has 32 heavy (non-hydrogen) atoms. The quantitative estimate of drug-likeness (QED) is 0.280. The van der Waals surface area contributed by atoms with Gasteiger partial charge in [-0.3, -0.25) is 0 Å². The summed E-state index contributed by atoms with van der Waals surface area (Å²) in [5, 5.41) is 11.3. The molecule has 7 heteroatoms. The predicted octanol–water partition coefficient (Wildman–Crippen LogP) is 7.88. The van der Waals surface area contributed by atoms with Crippen LogP contribution in [-0.4, -0.2) is 11.2 Å². The second-order valence-electron chi connectivity index (χ2n) is 9.07. The summed E-state index contributed by atoms with van der Waals surface area (Å²) in [6, 6.07) is 14.4. The van der Waals surface area contributed by atoms with E-state index in [0.717, 1.165) is 44.8 Å². The van der Waals surface area contributed by atoms with Crippen LogP contribution in [0.3, 0.4) is 0 Å². The molecule has 0 unspecified atom stereocenters. The van der Waals surface area contributed by atoms with Crippen molar-refractivity contribution in [2.45, 2.75) is 49.5 Å². The van der Waals surface area contributed by atoms with Gasteiger partial charge in [0.2, 0.25) is 0 Å². The summed E-state index contributed by atoms with van der Waals surface area (Å²) in [6.45, 7) is 6.92. The maximum absolute atomic E-state index is 9.76. The van der Waals surface area contributed by atoms with Gasteiger partial charge in [0.1, 0.15) is 16.8 Å². The van der Waals surface area contributed by atoms with Gasteiger partial charge in [-0.15, -0.1) is 22.7 Å². The average Bonchev–Trinajstić information content (AvgIpc) is 3.47. The molecule has 1 aliphatic rings. The van der Waals surface area contributed by atoms with E-state index >= 15 is 0 Å². The number of nitriles is 1. The number of furan rings is 1. The molecule has 0 spiro atoms. The molecule has 4 nitrogen and oxygen atoms in total. The Morgan fingerprint density at radius 3 is 2.84 bits per heavy atom. The number of thiophene rings is 1. The molecular formula is C25H23N3OS3. The van der Waals surface area contributed by atoms with Crippen LogP contribution in [0.4, 0.5) is 5.00 Å². The van der Waals surface area contributed by atoms with Gasteiger partial charge in [0, 0.05) is 4.88 Å². The van der Waals surface area contributed by atoms with E-state index in [4.69, 9.17) is 4.42 Å². The van der Waals surface area contributed by atoms with Gasteiger partial charge < -0.3 is 4.42 Å². The van der Waals surface area contributed by atoms with Crippen LogP contribution in [0, 0.1) is 22.7 Å². The van der Waals surface area contributed by atoms with Crippen LogP contribution < -0.4 is 0 Å². The highest BCUT2D eigenvalue weighted by atomic mass is 32.2. The van der Waals surface area contributed by atoms with Gasteiger partial charge in [-0.25, -0.2) is 9.98 Å². The second kappa shape index (κ2) is 8.51. The third-order valence-corrected chi connectivity index (χ3v) is 9.14. The van der Waals surface area contributed by atoms with E-state index in [9.17, 15) is 5.26 Å². The van der Waals surface area contributed by atoms with E-state index in [-0.39, 0.29) is 5.41 Å². The highest BCUT2D eigenvalue weighted by molar-refractivity contribution is 8.01. The molecule has 162 valence electrons. The summed E-state index contributed by atoms with van der Waals surface area (Å²) in [6.07, 6.45) is 4.87. The molecule has 4 aromatic rings. The number of fused-ring (bicyclic) bond motifs is 2. The lowest BCUT2D eigenvalue weighted by Crippen LogP contribution is -2.26. The Balaban J connectivity index is 1.33.